The van der Waals surface area contributed by atoms with Gasteiger partial charge >= 0.3 is 18.0 Å². The standard InChI is InChI=1S/C25H20ClF8N3O/c1-37(10-8-15-4-6-18(27)7-5-15)21-12-19(23(28,24(29,30)31)25(32,33)34)20(26)11-17(21)14-36-22(38)16-3-2-9-35-13-16/h2-7,9,11-13H,8,10,14H2,1H3,(H,36,38). The molecule has 2 aromatic carbocycles. The summed E-state index contributed by atoms with van der Waals surface area (Å²) in [5.41, 5.74) is -6.99. The van der Waals surface area contributed by atoms with E-state index >= 15 is 0 Å². The zero-order valence-corrected chi connectivity index (χ0v) is 20.4. The molecule has 0 saturated heterocycles. The van der Waals surface area contributed by atoms with Crippen LogP contribution >= 0.6 is 11.6 Å². The molecule has 0 atom stereocenters. The lowest BCUT2D eigenvalue weighted by atomic mass is 9.92. The fraction of sp³-hybridized carbons (Fsp3) is 0.280. The van der Waals surface area contributed by atoms with E-state index in [1.807, 2.05) is 0 Å². The van der Waals surface area contributed by atoms with Crippen LogP contribution in [0.4, 0.5) is 40.8 Å². The Morgan fingerprint density at radius 2 is 1.63 bits per heavy atom. The summed E-state index contributed by atoms with van der Waals surface area (Å²) in [7, 11) is 1.37. The van der Waals surface area contributed by atoms with Crippen LogP contribution < -0.4 is 10.2 Å². The maximum absolute atomic E-state index is 14.9. The molecule has 0 aliphatic carbocycles. The zero-order chi connectivity index (χ0) is 28.3. The van der Waals surface area contributed by atoms with E-state index in [0.29, 0.717) is 11.6 Å². The van der Waals surface area contributed by atoms with Crippen LogP contribution in [-0.2, 0) is 18.6 Å². The first-order valence-corrected chi connectivity index (χ1v) is 11.3. The number of hydrogen-bond acceptors (Lipinski definition) is 3. The molecule has 0 saturated carbocycles. The maximum atomic E-state index is 14.9. The Kier molecular flexibility index (Phi) is 8.55. The molecule has 0 aliphatic heterocycles. The van der Waals surface area contributed by atoms with Crippen molar-refractivity contribution in [2.45, 2.75) is 31.0 Å². The predicted molar refractivity (Wildman–Crippen MR) is 125 cm³/mol. The van der Waals surface area contributed by atoms with Crippen molar-refractivity contribution in [3.8, 4) is 0 Å². The van der Waals surface area contributed by atoms with Crippen molar-refractivity contribution in [2.75, 3.05) is 18.5 Å². The lowest BCUT2D eigenvalue weighted by molar-refractivity contribution is -0.348. The van der Waals surface area contributed by atoms with Crippen LogP contribution in [0.1, 0.15) is 27.0 Å². The molecule has 0 fully saturated rings. The van der Waals surface area contributed by atoms with Gasteiger partial charge in [-0.2, -0.15) is 26.3 Å². The van der Waals surface area contributed by atoms with Crippen LogP contribution in [0.3, 0.4) is 0 Å². The second-order valence-corrected chi connectivity index (χ2v) is 8.74. The van der Waals surface area contributed by atoms with E-state index in [0.717, 1.165) is 6.07 Å². The number of anilines is 1. The Morgan fingerprint density at radius 1 is 1.00 bits per heavy atom. The number of nitrogens with one attached hydrogen (secondary N) is 1. The fourth-order valence-electron chi connectivity index (χ4n) is 3.67. The number of nitrogens with zero attached hydrogens (tertiary/aromatic N) is 2. The van der Waals surface area contributed by atoms with Crippen molar-refractivity contribution >= 4 is 23.2 Å². The first kappa shape index (κ1) is 29.2. The summed E-state index contributed by atoms with van der Waals surface area (Å²) in [4.78, 5) is 17.5. The van der Waals surface area contributed by atoms with Crippen LogP contribution in [0.2, 0.25) is 5.02 Å². The van der Waals surface area contributed by atoms with Gasteiger partial charge in [-0.25, -0.2) is 8.78 Å². The predicted octanol–water partition coefficient (Wildman–Crippen LogP) is 6.77. The molecule has 0 aliphatic rings. The van der Waals surface area contributed by atoms with E-state index in [4.69, 9.17) is 11.6 Å². The normalized spacial score (nSPS) is 12.4. The largest absolute Gasteiger partial charge is 0.436 e. The number of pyridine rings is 1. The van der Waals surface area contributed by atoms with Crippen LogP contribution in [0, 0.1) is 5.82 Å². The first-order valence-electron chi connectivity index (χ1n) is 10.9. The summed E-state index contributed by atoms with van der Waals surface area (Å²) in [6.07, 6.45) is -9.83. The van der Waals surface area contributed by atoms with Gasteiger partial charge in [0.15, 0.2) is 0 Å². The van der Waals surface area contributed by atoms with Gasteiger partial charge in [-0.1, -0.05) is 23.7 Å². The average molecular weight is 566 g/mol. The number of benzene rings is 2. The molecular formula is C25H20ClF8N3O. The molecule has 3 rings (SSSR count). The molecule has 0 radical (unpaired) electrons. The minimum absolute atomic E-state index is 0.0318. The van der Waals surface area contributed by atoms with Crippen LogP contribution in [0.25, 0.3) is 0 Å². The number of carbonyl (C=O) groups is 1. The molecular weight excluding hydrogens is 546 g/mol. The summed E-state index contributed by atoms with van der Waals surface area (Å²) in [6, 6.07) is 9.40. The Labute approximate surface area is 217 Å². The third-order valence-electron chi connectivity index (χ3n) is 5.74. The van der Waals surface area contributed by atoms with Gasteiger partial charge in [0.25, 0.3) is 5.91 Å². The summed E-state index contributed by atoms with van der Waals surface area (Å²) >= 11 is 5.81. The van der Waals surface area contributed by atoms with E-state index in [1.165, 1.54) is 60.7 Å². The number of alkyl halides is 7. The second kappa shape index (κ2) is 11.1. The molecule has 0 unspecified atom stereocenters. The summed E-state index contributed by atoms with van der Waals surface area (Å²) < 4.78 is 109. The molecule has 1 heterocycles. The number of halogens is 9. The maximum Gasteiger partial charge on any atom is 0.436 e. The highest BCUT2D eigenvalue weighted by molar-refractivity contribution is 6.31. The molecule has 4 nitrogen and oxygen atoms in total. The van der Waals surface area contributed by atoms with E-state index in [9.17, 15) is 39.9 Å². The van der Waals surface area contributed by atoms with Gasteiger partial charge in [-0.05, 0) is 53.9 Å². The van der Waals surface area contributed by atoms with Gasteiger partial charge in [0.1, 0.15) is 5.82 Å². The average Bonchev–Trinajstić information content (AvgIpc) is 2.85. The van der Waals surface area contributed by atoms with E-state index < -0.39 is 40.3 Å². The smallest absolute Gasteiger partial charge is 0.374 e. The van der Waals surface area contributed by atoms with Crippen LogP contribution in [-0.4, -0.2) is 36.8 Å². The number of aromatic nitrogens is 1. The highest BCUT2D eigenvalue weighted by Crippen LogP contribution is 2.55. The third-order valence-corrected chi connectivity index (χ3v) is 6.06. The lowest BCUT2D eigenvalue weighted by Crippen LogP contribution is -2.50. The molecule has 13 heteroatoms. The molecule has 1 aromatic heterocycles. The Bertz CT molecular complexity index is 1250. The Hall–Kier alpha value is -3.41. The van der Waals surface area contributed by atoms with E-state index in [1.54, 1.807) is 0 Å². The van der Waals surface area contributed by atoms with Gasteiger partial charge in [-0.15, -0.1) is 0 Å². The van der Waals surface area contributed by atoms with Gasteiger partial charge in [0, 0.05) is 48.8 Å². The Balaban J connectivity index is 2.02. The second-order valence-electron chi connectivity index (χ2n) is 8.34. The fourth-order valence-corrected chi connectivity index (χ4v) is 3.99. The first-order chi connectivity index (χ1) is 17.6. The monoisotopic (exact) mass is 565 g/mol. The summed E-state index contributed by atoms with van der Waals surface area (Å²) in [5, 5.41) is 1.37. The highest BCUT2D eigenvalue weighted by atomic mass is 35.5. The SMILES string of the molecule is CN(CCc1ccc(F)cc1)c1cc(C(F)(C(F)(F)F)C(F)(F)F)c(Cl)cc1CNC(=O)c1cccnc1. The van der Waals surface area contributed by atoms with Gasteiger partial charge in [-0.3, -0.25) is 9.78 Å². The molecule has 38 heavy (non-hydrogen) atoms. The molecule has 3 aromatic rings. The van der Waals surface area contributed by atoms with Crippen molar-refractivity contribution in [2.24, 2.45) is 0 Å². The molecule has 1 amide bonds. The molecule has 204 valence electrons. The van der Waals surface area contributed by atoms with Crippen molar-refractivity contribution in [1.82, 2.24) is 10.3 Å². The van der Waals surface area contributed by atoms with Gasteiger partial charge in [0.2, 0.25) is 0 Å². The summed E-state index contributed by atoms with van der Waals surface area (Å²) in [6.45, 7) is -0.325. The van der Waals surface area contributed by atoms with Crippen molar-refractivity contribution < 1.29 is 39.9 Å². The van der Waals surface area contributed by atoms with E-state index in [2.05, 4.69) is 10.3 Å². The number of likely N-dealkylation sites (N-methyl/N-ethyl adjacent to an activating group) is 1. The van der Waals surface area contributed by atoms with Crippen LogP contribution in [0.5, 0.6) is 0 Å². The number of carbonyl (C=O) groups excluding carboxylic acids is 1. The molecule has 0 spiro atoms. The molecule has 0 bridgehead atoms. The topological polar surface area (TPSA) is 45.2 Å². The quantitative estimate of drug-likeness (QED) is 0.307. The Morgan fingerprint density at radius 3 is 2.18 bits per heavy atom. The number of rotatable bonds is 8. The minimum Gasteiger partial charge on any atom is -0.374 e. The van der Waals surface area contributed by atoms with Crippen molar-refractivity contribution in [3.63, 3.8) is 0 Å². The van der Waals surface area contributed by atoms with E-state index in [-0.39, 0.29) is 36.3 Å². The third kappa shape index (κ3) is 6.17. The lowest BCUT2D eigenvalue weighted by Gasteiger charge is -2.33. The zero-order valence-electron chi connectivity index (χ0n) is 19.6. The van der Waals surface area contributed by atoms with Gasteiger partial charge < -0.3 is 10.2 Å². The highest BCUT2D eigenvalue weighted by Gasteiger charge is 2.74. The summed E-state index contributed by atoms with van der Waals surface area (Å²) in [5.74, 6) is -1.11. The number of amides is 1. The van der Waals surface area contributed by atoms with Crippen molar-refractivity contribution in [1.29, 1.82) is 0 Å². The number of hydrogen-bond donors (Lipinski definition) is 1. The van der Waals surface area contributed by atoms with Crippen LogP contribution in [0.15, 0.2) is 60.9 Å². The molecule has 1 N–H and O–H groups in total. The van der Waals surface area contributed by atoms with Gasteiger partial charge in [0.05, 0.1) is 5.56 Å². The van der Waals surface area contributed by atoms with Crippen molar-refractivity contribution in [3.05, 3.63) is 94.0 Å². The minimum atomic E-state index is -6.37.